The SMILES string of the molecule is CC1(CNS(=O)(=O)N2CCCC(C(=O)O)C2)CCCC1. The number of carboxylic acids is 1. The van der Waals surface area contributed by atoms with Crippen molar-refractivity contribution in [3.05, 3.63) is 0 Å². The smallest absolute Gasteiger partial charge is 0.307 e. The first-order valence-electron chi connectivity index (χ1n) is 7.30. The van der Waals surface area contributed by atoms with E-state index < -0.39 is 22.1 Å². The highest BCUT2D eigenvalue weighted by Gasteiger charge is 2.35. The third-order valence-corrected chi connectivity index (χ3v) is 6.09. The zero-order valence-corrected chi connectivity index (χ0v) is 12.8. The molecule has 2 aliphatic rings. The van der Waals surface area contributed by atoms with Crippen LogP contribution in [0.25, 0.3) is 0 Å². The Balaban J connectivity index is 1.94. The fraction of sp³-hybridized carbons (Fsp3) is 0.923. The minimum atomic E-state index is -3.56. The van der Waals surface area contributed by atoms with Crippen LogP contribution in [0.1, 0.15) is 45.4 Å². The van der Waals surface area contributed by atoms with Gasteiger partial charge in [0.25, 0.3) is 10.2 Å². The third-order valence-electron chi connectivity index (χ3n) is 4.57. The molecule has 0 spiro atoms. The van der Waals surface area contributed by atoms with Crippen LogP contribution in [0.3, 0.4) is 0 Å². The van der Waals surface area contributed by atoms with Crippen molar-refractivity contribution < 1.29 is 18.3 Å². The van der Waals surface area contributed by atoms with Gasteiger partial charge in [-0.3, -0.25) is 4.79 Å². The van der Waals surface area contributed by atoms with E-state index in [1.54, 1.807) is 0 Å². The van der Waals surface area contributed by atoms with E-state index >= 15 is 0 Å². The highest BCUT2D eigenvalue weighted by atomic mass is 32.2. The monoisotopic (exact) mass is 304 g/mol. The lowest BCUT2D eigenvalue weighted by Gasteiger charge is -2.31. The normalized spacial score (nSPS) is 27.6. The first-order chi connectivity index (χ1) is 9.32. The number of piperidine rings is 1. The van der Waals surface area contributed by atoms with Crippen LogP contribution in [0.5, 0.6) is 0 Å². The van der Waals surface area contributed by atoms with Gasteiger partial charge in [0.1, 0.15) is 0 Å². The molecule has 0 amide bonds. The largest absolute Gasteiger partial charge is 0.481 e. The molecule has 1 atom stereocenters. The van der Waals surface area contributed by atoms with Crippen molar-refractivity contribution in [1.29, 1.82) is 0 Å². The van der Waals surface area contributed by atoms with Gasteiger partial charge in [0.05, 0.1) is 5.92 Å². The lowest BCUT2D eigenvalue weighted by molar-refractivity contribution is -0.142. The summed E-state index contributed by atoms with van der Waals surface area (Å²) in [6.07, 6.45) is 5.57. The molecule has 20 heavy (non-hydrogen) atoms. The van der Waals surface area contributed by atoms with Crippen LogP contribution < -0.4 is 4.72 Å². The van der Waals surface area contributed by atoms with E-state index in [0.717, 1.165) is 25.7 Å². The van der Waals surface area contributed by atoms with E-state index in [2.05, 4.69) is 11.6 Å². The van der Waals surface area contributed by atoms with Crippen molar-refractivity contribution in [3.8, 4) is 0 Å². The molecule has 2 fully saturated rings. The number of carboxylic acid groups (broad SMARTS) is 1. The minimum absolute atomic E-state index is 0.0507. The summed E-state index contributed by atoms with van der Waals surface area (Å²) in [5.74, 6) is -1.49. The molecule has 0 aromatic rings. The van der Waals surface area contributed by atoms with Crippen LogP contribution in [-0.4, -0.2) is 43.4 Å². The average Bonchev–Trinajstić information content (AvgIpc) is 2.84. The van der Waals surface area contributed by atoms with Crippen LogP contribution in [0, 0.1) is 11.3 Å². The van der Waals surface area contributed by atoms with Crippen LogP contribution in [0.2, 0.25) is 0 Å². The van der Waals surface area contributed by atoms with Crippen molar-refractivity contribution in [2.45, 2.75) is 45.4 Å². The van der Waals surface area contributed by atoms with Gasteiger partial charge in [-0.25, -0.2) is 4.72 Å². The second-order valence-corrected chi connectivity index (χ2v) is 8.13. The molecule has 0 radical (unpaired) electrons. The number of hydrogen-bond donors (Lipinski definition) is 2. The molecule has 0 bridgehead atoms. The van der Waals surface area contributed by atoms with Gasteiger partial charge in [-0.05, 0) is 31.1 Å². The molecule has 1 heterocycles. The Bertz CT molecular complexity index is 457. The molecule has 1 aliphatic heterocycles. The minimum Gasteiger partial charge on any atom is -0.481 e. The number of rotatable bonds is 5. The van der Waals surface area contributed by atoms with Gasteiger partial charge in [0, 0.05) is 19.6 Å². The van der Waals surface area contributed by atoms with Crippen LogP contribution in [0.4, 0.5) is 0 Å². The lowest BCUT2D eigenvalue weighted by atomic mass is 9.89. The predicted octanol–water partition coefficient (Wildman–Crippen LogP) is 1.20. The van der Waals surface area contributed by atoms with E-state index in [1.165, 1.54) is 4.31 Å². The summed E-state index contributed by atoms with van der Waals surface area (Å²) in [6, 6.07) is 0. The summed E-state index contributed by atoms with van der Waals surface area (Å²) in [7, 11) is -3.56. The average molecular weight is 304 g/mol. The summed E-state index contributed by atoms with van der Waals surface area (Å²) >= 11 is 0. The van der Waals surface area contributed by atoms with E-state index in [0.29, 0.717) is 25.9 Å². The summed E-state index contributed by atoms with van der Waals surface area (Å²) in [5.41, 5.74) is 0.0507. The first-order valence-corrected chi connectivity index (χ1v) is 8.74. The predicted molar refractivity (Wildman–Crippen MR) is 75.4 cm³/mol. The third kappa shape index (κ3) is 3.71. The topological polar surface area (TPSA) is 86.7 Å². The highest BCUT2D eigenvalue weighted by molar-refractivity contribution is 7.87. The van der Waals surface area contributed by atoms with Gasteiger partial charge < -0.3 is 5.11 Å². The summed E-state index contributed by atoms with van der Waals surface area (Å²) in [6.45, 7) is 3.06. The van der Waals surface area contributed by atoms with Crippen molar-refractivity contribution in [2.24, 2.45) is 11.3 Å². The number of nitrogens with one attached hydrogen (secondary N) is 1. The molecule has 7 heteroatoms. The molecule has 2 rings (SSSR count). The first kappa shape index (κ1) is 15.7. The molecule has 1 unspecified atom stereocenters. The Kier molecular flexibility index (Phi) is 4.71. The molecule has 1 aliphatic carbocycles. The fourth-order valence-electron chi connectivity index (χ4n) is 3.12. The molecule has 2 N–H and O–H groups in total. The maximum absolute atomic E-state index is 12.3. The lowest BCUT2D eigenvalue weighted by Crippen LogP contribution is -2.49. The van der Waals surface area contributed by atoms with Crippen molar-refractivity contribution in [2.75, 3.05) is 19.6 Å². The maximum atomic E-state index is 12.3. The van der Waals surface area contributed by atoms with E-state index in [1.807, 2.05) is 0 Å². The van der Waals surface area contributed by atoms with Gasteiger partial charge in [-0.15, -0.1) is 0 Å². The molecule has 116 valence electrons. The zero-order valence-electron chi connectivity index (χ0n) is 12.0. The molecule has 0 aromatic carbocycles. The van der Waals surface area contributed by atoms with E-state index in [9.17, 15) is 13.2 Å². The number of hydrogen-bond acceptors (Lipinski definition) is 3. The Morgan fingerprint density at radius 3 is 2.60 bits per heavy atom. The molecule has 6 nitrogen and oxygen atoms in total. The van der Waals surface area contributed by atoms with Crippen LogP contribution in [-0.2, 0) is 15.0 Å². The molecular formula is C13H24N2O4S. The van der Waals surface area contributed by atoms with Gasteiger partial charge in [0.2, 0.25) is 0 Å². The molecular weight excluding hydrogens is 280 g/mol. The summed E-state index contributed by atoms with van der Waals surface area (Å²) < 4.78 is 28.5. The Labute approximate surface area is 120 Å². The maximum Gasteiger partial charge on any atom is 0.307 e. The second kappa shape index (κ2) is 5.99. The Morgan fingerprint density at radius 2 is 2.00 bits per heavy atom. The summed E-state index contributed by atoms with van der Waals surface area (Å²) in [4.78, 5) is 11.0. The summed E-state index contributed by atoms with van der Waals surface area (Å²) in [5, 5.41) is 9.02. The van der Waals surface area contributed by atoms with Crippen molar-refractivity contribution >= 4 is 16.2 Å². The van der Waals surface area contributed by atoms with Gasteiger partial charge in [-0.2, -0.15) is 12.7 Å². The van der Waals surface area contributed by atoms with E-state index in [-0.39, 0.29) is 12.0 Å². The molecule has 1 saturated heterocycles. The fourth-order valence-corrected chi connectivity index (χ4v) is 4.58. The highest BCUT2D eigenvalue weighted by Crippen LogP contribution is 2.36. The zero-order chi connectivity index (χ0) is 14.8. The Hall–Kier alpha value is -0.660. The molecule has 0 aromatic heterocycles. The second-order valence-electron chi connectivity index (χ2n) is 6.38. The van der Waals surface area contributed by atoms with Crippen molar-refractivity contribution in [1.82, 2.24) is 9.03 Å². The van der Waals surface area contributed by atoms with Crippen LogP contribution in [0.15, 0.2) is 0 Å². The van der Waals surface area contributed by atoms with Gasteiger partial charge in [0.15, 0.2) is 0 Å². The number of nitrogens with zero attached hydrogens (tertiary/aromatic N) is 1. The number of aliphatic carboxylic acids is 1. The van der Waals surface area contributed by atoms with Gasteiger partial charge in [-0.1, -0.05) is 19.8 Å². The Morgan fingerprint density at radius 1 is 1.35 bits per heavy atom. The number of carbonyl (C=O) groups is 1. The van der Waals surface area contributed by atoms with Crippen molar-refractivity contribution in [3.63, 3.8) is 0 Å². The van der Waals surface area contributed by atoms with E-state index in [4.69, 9.17) is 5.11 Å². The van der Waals surface area contributed by atoms with Crippen LogP contribution >= 0.6 is 0 Å². The van der Waals surface area contributed by atoms with Gasteiger partial charge >= 0.3 is 5.97 Å². The quantitative estimate of drug-likeness (QED) is 0.799. The molecule has 1 saturated carbocycles. The standard InChI is InChI=1S/C13H24N2O4S/c1-13(6-2-3-7-13)10-14-20(18,19)15-8-4-5-11(9-15)12(16)17/h11,14H,2-10H2,1H3,(H,16,17).